The number of aliphatic hydroxyl groups is 1. The minimum absolute atomic E-state index is 0.0724. The Labute approximate surface area is 94.5 Å². The van der Waals surface area contributed by atoms with Gasteiger partial charge in [0, 0.05) is 12.0 Å². The molecule has 1 aliphatic rings. The lowest BCUT2D eigenvalue weighted by Gasteiger charge is -2.42. The molecule has 0 aromatic heterocycles. The van der Waals surface area contributed by atoms with Crippen molar-refractivity contribution in [3.63, 3.8) is 0 Å². The van der Waals surface area contributed by atoms with Gasteiger partial charge in [0.25, 0.3) is 0 Å². The second-order valence-corrected chi connectivity index (χ2v) is 5.05. The maximum Gasteiger partial charge on any atom is 0.0620 e. The zero-order valence-corrected chi connectivity index (χ0v) is 10.4. The number of aliphatic hydroxyl groups excluding tert-OH is 1. The second kappa shape index (κ2) is 6.49. The molecule has 0 aliphatic carbocycles. The molecule has 15 heavy (non-hydrogen) atoms. The first-order valence-electron chi connectivity index (χ1n) is 6.64. The molecule has 2 heteroatoms. The predicted molar refractivity (Wildman–Crippen MR) is 65.0 cm³/mol. The van der Waals surface area contributed by atoms with Crippen LogP contribution < -0.4 is 5.32 Å². The van der Waals surface area contributed by atoms with Crippen molar-refractivity contribution in [2.75, 3.05) is 13.1 Å². The lowest BCUT2D eigenvalue weighted by molar-refractivity contribution is -0.0156. The third kappa shape index (κ3) is 3.46. The molecule has 0 aromatic rings. The topological polar surface area (TPSA) is 32.3 Å². The van der Waals surface area contributed by atoms with E-state index in [0.29, 0.717) is 0 Å². The van der Waals surface area contributed by atoms with Crippen molar-refractivity contribution < 1.29 is 5.11 Å². The molecule has 1 fully saturated rings. The van der Waals surface area contributed by atoms with Crippen LogP contribution in [0.1, 0.15) is 58.8 Å². The van der Waals surface area contributed by atoms with Crippen molar-refractivity contribution >= 4 is 0 Å². The van der Waals surface area contributed by atoms with E-state index >= 15 is 0 Å². The Bertz CT molecular complexity index is 162. The van der Waals surface area contributed by atoms with Gasteiger partial charge >= 0.3 is 0 Å². The summed E-state index contributed by atoms with van der Waals surface area (Å²) >= 11 is 0. The number of hydrogen-bond acceptors (Lipinski definition) is 2. The van der Waals surface area contributed by atoms with Crippen molar-refractivity contribution in [2.45, 2.75) is 64.9 Å². The Kier molecular flexibility index (Phi) is 5.62. The van der Waals surface area contributed by atoms with Crippen LogP contribution in [0.15, 0.2) is 0 Å². The van der Waals surface area contributed by atoms with Crippen LogP contribution >= 0.6 is 0 Å². The average molecular weight is 213 g/mol. The van der Waals surface area contributed by atoms with Gasteiger partial charge in [-0.3, -0.25) is 0 Å². The summed E-state index contributed by atoms with van der Waals surface area (Å²) in [6.07, 6.45) is 8.23. The van der Waals surface area contributed by atoms with Crippen LogP contribution in [0, 0.1) is 5.41 Å². The molecule has 0 spiro atoms. The predicted octanol–water partition coefficient (Wildman–Crippen LogP) is 2.71. The fourth-order valence-electron chi connectivity index (χ4n) is 2.69. The van der Waals surface area contributed by atoms with Gasteiger partial charge in [-0.2, -0.15) is 0 Å². The maximum atomic E-state index is 10.2. The van der Waals surface area contributed by atoms with E-state index in [1.54, 1.807) is 0 Å². The number of hydrogen-bond donors (Lipinski definition) is 2. The van der Waals surface area contributed by atoms with Gasteiger partial charge in [0.15, 0.2) is 0 Å². The van der Waals surface area contributed by atoms with Crippen molar-refractivity contribution in [3.05, 3.63) is 0 Å². The Morgan fingerprint density at radius 1 is 1.20 bits per heavy atom. The van der Waals surface area contributed by atoms with E-state index < -0.39 is 0 Å². The van der Waals surface area contributed by atoms with Crippen LogP contribution in [0.3, 0.4) is 0 Å². The number of rotatable bonds is 6. The molecule has 0 aromatic carbocycles. The summed E-state index contributed by atoms with van der Waals surface area (Å²) in [6, 6.07) is 0. The molecule has 0 saturated carbocycles. The van der Waals surface area contributed by atoms with E-state index in [2.05, 4.69) is 19.2 Å². The van der Waals surface area contributed by atoms with Gasteiger partial charge in [0.1, 0.15) is 0 Å². The summed E-state index contributed by atoms with van der Waals surface area (Å²) < 4.78 is 0. The smallest absolute Gasteiger partial charge is 0.0620 e. The molecule has 1 rings (SSSR count). The highest BCUT2D eigenvalue weighted by Gasteiger charge is 2.38. The quantitative estimate of drug-likeness (QED) is 0.711. The van der Waals surface area contributed by atoms with E-state index in [0.717, 1.165) is 19.5 Å². The molecule has 0 radical (unpaired) electrons. The van der Waals surface area contributed by atoms with Crippen molar-refractivity contribution in [1.82, 2.24) is 5.32 Å². The molecular formula is C13H27NO. The zero-order chi connectivity index (χ0) is 11.1. The van der Waals surface area contributed by atoms with E-state index in [-0.39, 0.29) is 11.5 Å². The fraction of sp³-hybridized carbons (Fsp3) is 1.00. The molecule has 1 atom stereocenters. The maximum absolute atomic E-state index is 10.2. The number of nitrogens with one attached hydrogen (secondary N) is 1. The van der Waals surface area contributed by atoms with Gasteiger partial charge in [-0.05, 0) is 25.8 Å². The summed E-state index contributed by atoms with van der Waals surface area (Å²) in [5.74, 6) is 0. The average Bonchev–Trinajstić information content (AvgIpc) is 2.27. The lowest BCUT2D eigenvalue weighted by atomic mass is 9.71. The van der Waals surface area contributed by atoms with Crippen LogP contribution in [-0.2, 0) is 0 Å². The van der Waals surface area contributed by atoms with Crippen LogP contribution in [0.25, 0.3) is 0 Å². The molecule has 2 N–H and O–H groups in total. The molecular weight excluding hydrogens is 186 g/mol. The molecule has 0 amide bonds. The van der Waals surface area contributed by atoms with Crippen LogP contribution in [0.4, 0.5) is 0 Å². The van der Waals surface area contributed by atoms with Crippen molar-refractivity contribution in [3.8, 4) is 0 Å². The SMILES string of the molecule is CCCCC1(CCCC)CNCCC1O. The van der Waals surface area contributed by atoms with Crippen molar-refractivity contribution in [2.24, 2.45) is 5.41 Å². The molecule has 1 aliphatic heterocycles. The van der Waals surface area contributed by atoms with Gasteiger partial charge in [-0.25, -0.2) is 0 Å². The molecule has 1 saturated heterocycles. The van der Waals surface area contributed by atoms with Gasteiger partial charge in [0.2, 0.25) is 0 Å². The highest BCUT2D eigenvalue weighted by atomic mass is 16.3. The molecule has 2 nitrogen and oxygen atoms in total. The van der Waals surface area contributed by atoms with E-state index in [1.807, 2.05) is 0 Å². The minimum Gasteiger partial charge on any atom is -0.392 e. The Morgan fingerprint density at radius 2 is 1.80 bits per heavy atom. The molecule has 90 valence electrons. The molecule has 0 bridgehead atoms. The standard InChI is InChI=1S/C13H27NO/c1-3-5-8-13(9-6-4-2)11-14-10-7-12(13)15/h12,14-15H,3-11H2,1-2H3. The second-order valence-electron chi connectivity index (χ2n) is 5.05. The monoisotopic (exact) mass is 213 g/mol. The van der Waals surface area contributed by atoms with Crippen LogP contribution in [0.2, 0.25) is 0 Å². The molecule has 1 unspecified atom stereocenters. The van der Waals surface area contributed by atoms with Gasteiger partial charge in [-0.15, -0.1) is 0 Å². The van der Waals surface area contributed by atoms with Crippen LogP contribution in [-0.4, -0.2) is 24.3 Å². The first-order valence-corrected chi connectivity index (χ1v) is 6.64. The van der Waals surface area contributed by atoms with Gasteiger partial charge in [0.05, 0.1) is 6.10 Å². The van der Waals surface area contributed by atoms with Crippen LogP contribution in [0.5, 0.6) is 0 Å². The number of unbranched alkanes of at least 4 members (excludes halogenated alkanes) is 2. The van der Waals surface area contributed by atoms with Gasteiger partial charge < -0.3 is 10.4 Å². The van der Waals surface area contributed by atoms with Crippen molar-refractivity contribution in [1.29, 1.82) is 0 Å². The first kappa shape index (κ1) is 13.0. The number of piperidine rings is 1. The van der Waals surface area contributed by atoms with E-state index in [1.165, 1.54) is 38.5 Å². The van der Waals surface area contributed by atoms with E-state index in [4.69, 9.17) is 0 Å². The Hall–Kier alpha value is -0.0800. The summed E-state index contributed by atoms with van der Waals surface area (Å²) in [6.45, 7) is 6.47. The fourth-order valence-corrected chi connectivity index (χ4v) is 2.69. The summed E-state index contributed by atoms with van der Waals surface area (Å²) in [5.41, 5.74) is 0.185. The minimum atomic E-state index is -0.0724. The highest BCUT2D eigenvalue weighted by Crippen LogP contribution is 2.37. The highest BCUT2D eigenvalue weighted by molar-refractivity contribution is 4.92. The summed E-state index contributed by atoms with van der Waals surface area (Å²) in [7, 11) is 0. The third-order valence-electron chi connectivity index (χ3n) is 3.83. The summed E-state index contributed by atoms with van der Waals surface area (Å²) in [4.78, 5) is 0. The summed E-state index contributed by atoms with van der Waals surface area (Å²) in [5, 5.41) is 13.7. The lowest BCUT2D eigenvalue weighted by Crippen LogP contribution is -2.49. The zero-order valence-electron chi connectivity index (χ0n) is 10.4. The Morgan fingerprint density at radius 3 is 2.27 bits per heavy atom. The molecule has 1 heterocycles. The van der Waals surface area contributed by atoms with E-state index in [9.17, 15) is 5.11 Å². The van der Waals surface area contributed by atoms with Gasteiger partial charge in [-0.1, -0.05) is 39.5 Å². The third-order valence-corrected chi connectivity index (χ3v) is 3.83. The largest absolute Gasteiger partial charge is 0.392 e. The first-order chi connectivity index (χ1) is 7.25. The Balaban J connectivity index is 2.55. The normalized spacial score (nSPS) is 25.4.